The van der Waals surface area contributed by atoms with E-state index in [2.05, 4.69) is 10.6 Å². The van der Waals surface area contributed by atoms with Gasteiger partial charge in [-0.3, -0.25) is 9.59 Å². The van der Waals surface area contributed by atoms with Crippen molar-refractivity contribution in [1.82, 2.24) is 15.6 Å². The number of aromatic nitrogens is 1. The molecule has 0 radical (unpaired) electrons. The zero-order chi connectivity index (χ0) is 44.4. The van der Waals surface area contributed by atoms with Crippen molar-refractivity contribution in [3.63, 3.8) is 0 Å². The van der Waals surface area contributed by atoms with Gasteiger partial charge in [0, 0.05) is 61.6 Å². The van der Waals surface area contributed by atoms with Crippen LogP contribution in [0.1, 0.15) is 45.7 Å². The molecule has 1 heterocycles. The molecule has 4 N–H and O–H groups in total. The maximum absolute atomic E-state index is 12.5. The Morgan fingerprint density at radius 2 is 0.935 bits per heavy atom. The number of hydrogen-bond acceptors (Lipinski definition) is 11. The lowest BCUT2D eigenvalue weighted by molar-refractivity contribution is -0.140. The summed E-state index contributed by atoms with van der Waals surface area (Å²) in [6.07, 6.45) is 3.25. The Labute approximate surface area is 362 Å². The third-order valence-corrected chi connectivity index (χ3v) is 9.83. The summed E-state index contributed by atoms with van der Waals surface area (Å²) >= 11 is 0. The van der Waals surface area contributed by atoms with Crippen LogP contribution in [-0.4, -0.2) is 91.2 Å². The number of ketones is 2. The molecular weight excluding hydrogens is 787 g/mol. The Bertz CT molecular complexity index is 2160. The van der Waals surface area contributed by atoms with Crippen molar-refractivity contribution in [2.75, 3.05) is 50.2 Å². The van der Waals surface area contributed by atoms with Crippen molar-refractivity contribution >= 4 is 35.1 Å². The van der Waals surface area contributed by atoms with Crippen LogP contribution in [0.2, 0.25) is 0 Å². The van der Waals surface area contributed by atoms with Crippen LogP contribution in [0.15, 0.2) is 151 Å². The summed E-state index contributed by atoms with van der Waals surface area (Å²) in [5.41, 5.74) is 3.61. The van der Waals surface area contributed by atoms with Gasteiger partial charge in [0.05, 0.1) is 13.1 Å². The minimum absolute atomic E-state index is 0.202. The van der Waals surface area contributed by atoms with Gasteiger partial charge in [-0.1, -0.05) is 91.0 Å². The standard InChI is InChI=1S/C49H53N5O8/c1-34(30-44(55)38-12-7-5-8-13-38)50-42(48(57)58)32-36-18-22-40(23-19-36)61-28-26-53(3)46-16-11-17-47(52-46)54(4)27-29-62-41-24-20-37(21-25-41)33-43(49(59)60)51-35(2)31-45(56)39-14-9-6-10-15-39/h5-25,30-31,42-43,50-51H,26-29,32-33H2,1-4H3,(H,57,58)(H,59,60). The summed E-state index contributed by atoms with van der Waals surface area (Å²) in [5, 5.41) is 25.6. The van der Waals surface area contributed by atoms with Gasteiger partial charge < -0.3 is 40.1 Å². The second kappa shape index (κ2) is 22.8. The molecule has 13 heteroatoms. The molecule has 0 aliphatic carbocycles. The van der Waals surface area contributed by atoms with E-state index in [9.17, 15) is 29.4 Å². The van der Waals surface area contributed by atoms with Crippen LogP contribution in [0, 0.1) is 0 Å². The Morgan fingerprint density at radius 1 is 0.565 bits per heavy atom. The van der Waals surface area contributed by atoms with Gasteiger partial charge in [0.2, 0.25) is 0 Å². The average Bonchev–Trinajstić information content (AvgIpc) is 3.27. The molecule has 0 amide bonds. The molecule has 13 nitrogen and oxygen atoms in total. The first-order valence-electron chi connectivity index (χ1n) is 20.2. The van der Waals surface area contributed by atoms with Gasteiger partial charge in [0.25, 0.3) is 0 Å². The number of hydrogen-bond donors (Lipinski definition) is 4. The Morgan fingerprint density at radius 3 is 1.29 bits per heavy atom. The number of carbonyl (C=O) groups excluding carboxylic acids is 2. The Hall–Kier alpha value is -7.41. The number of carboxylic acids is 2. The van der Waals surface area contributed by atoms with Crippen molar-refractivity contribution in [3.8, 4) is 11.5 Å². The number of rotatable bonds is 24. The van der Waals surface area contributed by atoms with E-state index in [0.29, 0.717) is 60.3 Å². The highest BCUT2D eigenvalue weighted by molar-refractivity contribution is 6.05. The topological polar surface area (TPSA) is 171 Å². The molecule has 0 aliphatic heterocycles. The summed E-state index contributed by atoms with van der Waals surface area (Å²) in [7, 11) is 3.88. The zero-order valence-corrected chi connectivity index (χ0v) is 35.4. The molecule has 1 aromatic heterocycles. The number of allylic oxidation sites excluding steroid dienone is 4. The minimum atomic E-state index is -1.02. The molecule has 2 atom stereocenters. The first-order valence-corrected chi connectivity index (χ1v) is 20.2. The number of aliphatic carboxylic acids is 2. The second-order valence-corrected chi connectivity index (χ2v) is 14.8. The molecule has 0 spiro atoms. The maximum Gasteiger partial charge on any atom is 0.326 e. The third-order valence-electron chi connectivity index (χ3n) is 9.83. The molecule has 5 aromatic rings. The molecule has 0 aliphatic rings. The van der Waals surface area contributed by atoms with E-state index in [0.717, 1.165) is 22.8 Å². The first kappa shape index (κ1) is 45.7. The van der Waals surface area contributed by atoms with Gasteiger partial charge in [0.15, 0.2) is 11.6 Å². The van der Waals surface area contributed by atoms with Gasteiger partial charge in [-0.2, -0.15) is 0 Å². The molecule has 0 bridgehead atoms. The molecule has 5 rings (SSSR count). The highest BCUT2D eigenvalue weighted by Crippen LogP contribution is 2.19. The fourth-order valence-electron chi connectivity index (χ4n) is 6.38. The summed E-state index contributed by atoms with van der Waals surface area (Å²) < 4.78 is 12.0. The number of benzene rings is 4. The van der Waals surface area contributed by atoms with Gasteiger partial charge >= 0.3 is 11.9 Å². The fraction of sp³-hybridized carbons (Fsp3) is 0.245. The Kier molecular flexibility index (Phi) is 16.8. The number of carbonyl (C=O) groups is 4. The first-order chi connectivity index (χ1) is 29.8. The van der Waals surface area contributed by atoms with E-state index in [-0.39, 0.29) is 24.4 Å². The smallest absolute Gasteiger partial charge is 0.326 e. The lowest BCUT2D eigenvalue weighted by atomic mass is 10.1. The minimum Gasteiger partial charge on any atom is -0.492 e. The molecule has 2 unspecified atom stereocenters. The third kappa shape index (κ3) is 14.4. The van der Waals surface area contributed by atoms with E-state index in [1.165, 1.54) is 12.2 Å². The number of nitrogens with zero attached hydrogens (tertiary/aromatic N) is 3. The van der Waals surface area contributed by atoms with Crippen LogP contribution in [0.5, 0.6) is 11.5 Å². The molecular formula is C49H53N5O8. The molecule has 0 saturated carbocycles. The predicted octanol–water partition coefficient (Wildman–Crippen LogP) is 6.86. The monoisotopic (exact) mass is 839 g/mol. The number of nitrogens with one attached hydrogen (secondary N) is 2. The van der Waals surface area contributed by atoms with E-state index in [1.807, 2.05) is 103 Å². The van der Waals surface area contributed by atoms with Crippen molar-refractivity contribution in [3.05, 3.63) is 173 Å². The normalized spacial score (nSPS) is 12.4. The van der Waals surface area contributed by atoms with Gasteiger partial charge in [-0.05, 0) is 61.4 Å². The van der Waals surface area contributed by atoms with Gasteiger partial charge in [0.1, 0.15) is 48.4 Å². The molecule has 62 heavy (non-hydrogen) atoms. The van der Waals surface area contributed by atoms with Crippen LogP contribution < -0.4 is 29.9 Å². The van der Waals surface area contributed by atoms with Crippen LogP contribution >= 0.6 is 0 Å². The largest absolute Gasteiger partial charge is 0.492 e. The summed E-state index contributed by atoms with van der Waals surface area (Å²) in [6, 6.07) is 36.2. The summed E-state index contributed by atoms with van der Waals surface area (Å²) in [6.45, 7) is 5.26. The molecule has 0 fully saturated rings. The van der Waals surface area contributed by atoms with Gasteiger partial charge in [-0.25, -0.2) is 14.6 Å². The van der Waals surface area contributed by atoms with E-state index in [4.69, 9.17) is 14.5 Å². The summed E-state index contributed by atoms with van der Waals surface area (Å²) in [4.78, 5) is 57.9. The quantitative estimate of drug-likeness (QED) is 0.0376. The molecule has 0 saturated heterocycles. The van der Waals surface area contributed by atoms with E-state index >= 15 is 0 Å². The number of likely N-dealkylation sites (N-methyl/N-ethyl adjacent to an activating group) is 2. The van der Waals surface area contributed by atoms with E-state index in [1.54, 1.807) is 62.4 Å². The Balaban J connectivity index is 1.03. The highest BCUT2D eigenvalue weighted by atomic mass is 16.5. The highest BCUT2D eigenvalue weighted by Gasteiger charge is 2.20. The predicted molar refractivity (Wildman–Crippen MR) is 240 cm³/mol. The van der Waals surface area contributed by atoms with Crippen LogP contribution in [0.25, 0.3) is 0 Å². The number of pyridine rings is 1. The van der Waals surface area contributed by atoms with Crippen molar-refractivity contribution in [1.29, 1.82) is 0 Å². The molecule has 322 valence electrons. The van der Waals surface area contributed by atoms with Crippen LogP contribution in [-0.2, 0) is 22.4 Å². The zero-order valence-electron chi connectivity index (χ0n) is 35.4. The summed E-state index contributed by atoms with van der Waals surface area (Å²) in [5.74, 6) is 0.407. The molecule has 4 aromatic carbocycles. The van der Waals surface area contributed by atoms with Gasteiger partial charge in [-0.15, -0.1) is 0 Å². The van der Waals surface area contributed by atoms with Crippen LogP contribution in [0.3, 0.4) is 0 Å². The van der Waals surface area contributed by atoms with Crippen LogP contribution in [0.4, 0.5) is 11.6 Å². The number of anilines is 2. The van der Waals surface area contributed by atoms with Crippen molar-refractivity contribution < 1.29 is 38.9 Å². The van der Waals surface area contributed by atoms with Crippen molar-refractivity contribution in [2.24, 2.45) is 0 Å². The maximum atomic E-state index is 12.5. The second-order valence-electron chi connectivity index (χ2n) is 14.8. The number of carboxylic acid groups (broad SMARTS) is 2. The lowest BCUT2D eigenvalue weighted by Crippen LogP contribution is -2.37. The SMILES string of the molecule is CC(=CC(=O)c1ccccc1)NC(Cc1ccc(OCCN(C)c2cccc(N(C)CCOc3ccc(CC(NC(C)=CC(=O)c4ccccc4)C(=O)O)cc3)n2)cc1)C(=O)O. The number of ether oxygens (including phenoxy) is 2. The lowest BCUT2D eigenvalue weighted by Gasteiger charge is -2.22. The van der Waals surface area contributed by atoms with Crippen molar-refractivity contribution in [2.45, 2.75) is 38.8 Å². The average molecular weight is 840 g/mol. The van der Waals surface area contributed by atoms with E-state index < -0.39 is 24.0 Å². The fourth-order valence-corrected chi connectivity index (χ4v) is 6.38.